The molecule has 2 rings (SSSR count). The number of imidazole rings is 1. The number of hydrogen-bond donors (Lipinski definition) is 3. The second kappa shape index (κ2) is 5.60. The Hall–Kier alpha value is -2.57. The lowest BCUT2D eigenvalue weighted by Crippen LogP contribution is -2.02. The van der Waals surface area contributed by atoms with Crippen LogP contribution in [0.4, 0.5) is 0 Å². The molecule has 0 aliphatic carbocycles. The largest absolute Gasteiger partial charge is 0.493 e. The molecule has 3 N–H and O–H groups in total. The first-order chi connectivity index (χ1) is 9.58. The van der Waals surface area contributed by atoms with E-state index in [-0.39, 0.29) is 5.88 Å². The number of aromatic hydroxyl groups is 1. The van der Waals surface area contributed by atoms with Gasteiger partial charge in [-0.2, -0.15) is 0 Å². The van der Waals surface area contributed by atoms with Gasteiger partial charge in [-0.1, -0.05) is 0 Å². The van der Waals surface area contributed by atoms with E-state index in [0.717, 1.165) is 5.56 Å². The van der Waals surface area contributed by atoms with Crippen molar-refractivity contribution in [1.29, 1.82) is 0 Å². The van der Waals surface area contributed by atoms with Crippen molar-refractivity contribution in [2.24, 2.45) is 0 Å². The van der Waals surface area contributed by atoms with Gasteiger partial charge in [-0.3, -0.25) is 4.98 Å². The third kappa shape index (κ3) is 2.56. The first-order valence-electron chi connectivity index (χ1n) is 5.88. The Labute approximate surface area is 115 Å². The Morgan fingerprint density at radius 3 is 2.05 bits per heavy atom. The number of rotatable bonds is 5. The topological polar surface area (TPSA) is 96.6 Å². The second-order valence-corrected chi connectivity index (χ2v) is 4.12. The van der Waals surface area contributed by atoms with E-state index in [2.05, 4.69) is 9.97 Å². The van der Waals surface area contributed by atoms with Crippen LogP contribution in [0, 0.1) is 0 Å². The highest BCUT2D eigenvalue weighted by molar-refractivity contribution is 5.54. The molecule has 0 aliphatic heterocycles. The molecular weight excluding hydrogens is 264 g/mol. The molecule has 1 aromatic carbocycles. The molecule has 0 spiro atoms. The van der Waals surface area contributed by atoms with Crippen LogP contribution in [0.5, 0.6) is 23.1 Å². The van der Waals surface area contributed by atoms with Crippen molar-refractivity contribution in [3.8, 4) is 23.1 Å². The van der Waals surface area contributed by atoms with E-state index in [9.17, 15) is 9.90 Å². The van der Waals surface area contributed by atoms with Gasteiger partial charge in [0.05, 0.1) is 27.0 Å². The summed E-state index contributed by atoms with van der Waals surface area (Å²) in [7, 11) is 4.57. The van der Waals surface area contributed by atoms with E-state index >= 15 is 0 Å². The van der Waals surface area contributed by atoms with Gasteiger partial charge in [-0.05, 0) is 17.7 Å². The molecular formula is C13H16N2O5. The maximum Gasteiger partial charge on any atom is 0.325 e. The minimum atomic E-state index is -0.454. The summed E-state index contributed by atoms with van der Waals surface area (Å²) < 4.78 is 15.7. The van der Waals surface area contributed by atoms with Crippen LogP contribution in [0.15, 0.2) is 16.9 Å². The number of aromatic nitrogens is 2. The minimum absolute atomic E-state index is 0.177. The molecule has 0 unspecified atom stereocenters. The third-order valence-electron chi connectivity index (χ3n) is 2.89. The minimum Gasteiger partial charge on any atom is -0.493 e. The molecule has 108 valence electrons. The van der Waals surface area contributed by atoms with Crippen LogP contribution >= 0.6 is 0 Å². The average Bonchev–Trinajstić information content (AvgIpc) is 2.75. The van der Waals surface area contributed by atoms with E-state index in [0.29, 0.717) is 29.4 Å². The lowest BCUT2D eigenvalue weighted by molar-refractivity contribution is 0.324. The Balaban J connectivity index is 2.42. The molecule has 0 atom stereocenters. The molecule has 7 heteroatoms. The van der Waals surface area contributed by atoms with Gasteiger partial charge in [0.1, 0.15) is 0 Å². The monoisotopic (exact) mass is 280 g/mol. The summed E-state index contributed by atoms with van der Waals surface area (Å²) in [6, 6.07) is 3.51. The van der Waals surface area contributed by atoms with Crippen molar-refractivity contribution >= 4 is 0 Å². The van der Waals surface area contributed by atoms with Gasteiger partial charge in [-0.15, -0.1) is 0 Å². The predicted molar refractivity (Wildman–Crippen MR) is 72.0 cm³/mol. The molecule has 0 amide bonds. The smallest absolute Gasteiger partial charge is 0.325 e. The van der Waals surface area contributed by atoms with Crippen molar-refractivity contribution in [1.82, 2.24) is 9.97 Å². The normalized spacial score (nSPS) is 10.3. The van der Waals surface area contributed by atoms with E-state index in [1.54, 1.807) is 12.1 Å². The molecule has 1 heterocycles. The summed E-state index contributed by atoms with van der Waals surface area (Å²) >= 11 is 0. The molecule has 0 saturated heterocycles. The van der Waals surface area contributed by atoms with E-state index in [4.69, 9.17) is 14.2 Å². The lowest BCUT2D eigenvalue weighted by Gasteiger charge is -2.13. The van der Waals surface area contributed by atoms with Crippen LogP contribution in [-0.2, 0) is 6.42 Å². The fourth-order valence-corrected chi connectivity index (χ4v) is 1.98. The summed E-state index contributed by atoms with van der Waals surface area (Å²) in [4.78, 5) is 15.9. The number of hydrogen-bond acceptors (Lipinski definition) is 5. The van der Waals surface area contributed by atoms with Gasteiger partial charge >= 0.3 is 5.69 Å². The van der Waals surface area contributed by atoms with Crippen molar-refractivity contribution in [3.63, 3.8) is 0 Å². The van der Waals surface area contributed by atoms with E-state index < -0.39 is 5.69 Å². The molecule has 1 aromatic heterocycles. The SMILES string of the molecule is COc1cc(Cc2[nH]c(=O)[nH]c2O)cc(OC)c1OC. The molecule has 20 heavy (non-hydrogen) atoms. The summed E-state index contributed by atoms with van der Waals surface area (Å²) in [6.07, 6.45) is 0.321. The van der Waals surface area contributed by atoms with Crippen LogP contribution in [0.2, 0.25) is 0 Å². The second-order valence-electron chi connectivity index (χ2n) is 4.12. The van der Waals surface area contributed by atoms with Crippen LogP contribution < -0.4 is 19.9 Å². The third-order valence-corrected chi connectivity index (χ3v) is 2.89. The highest BCUT2D eigenvalue weighted by Crippen LogP contribution is 2.38. The fraction of sp³-hybridized carbons (Fsp3) is 0.308. The Morgan fingerprint density at radius 2 is 1.65 bits per heavy atom. The van der Waals surface area contributed by atoms with Gasteiger partial charge < -0.3 is 24.3 Å². The molecule has 2 aromatic rings. The first-order valence-corrected chi connectivity index (χ1v) is 5.88. The number of H-pyrrole nitrogens is 2. The van der Waals surface area contributed by atoms with Crippen LogP contribution in [0.3, 0.4) is 0 Å². The van der Waals surface area contributed by atoms with Gasteiger partial charge in [0, 0.05) is 6.42 Å². The highest BCUT2D eigenvalue weighted by atomic mass is 16.5. The predicted octanol–water partition coefficient (Wildman–Crippen LogP) is 1.03. The molecule has 0 fully saturated rings. The molecule has 0 aliphatic rings. The summed E-state index contributed by atoms with van der Waals surface area (Å²) in [5.74, 6) is 1.34. The van der Waals surface area contributed by atoms with E-state index in [1.807, 2.05) is 0 Å². The number of aromatic amines is 2. The summed E-state index contributed by atoms with van der Waals surface area (Å²) in [6.45, 7) is 0. The molecule has 0 bridgehead atoms. The summed E-state index contributed by atoms with van der Waals surface area (Å²) in [5.41, 5.74) is 0.735. The number of ether oxygens (including phenoxy) is 3. The zero-order valence-electron chi connectivity index (χ0n) is 11.4. The van der Waals surface area contributed by atoms with E-state index in [1.165, 1.54) is 21.3 Å². The van der Waals surface area contributed by atoms with Crippen LogP contribution in [0.1, 0.15) is 11.3 Å². The van der Waals surface area contributed by atoms with Gasteiger partial charge in [0.2, 0.25) is 11.6 Å². The summed E-state index contributed by atoms with van der Waals surface area (Å²) in [5, 5.41) is 9.57. The zero-order chi connectivity index (χ0) is 14.7. The molecule has 0 saturated carbocycles. The van der Waals surface area contributed by atoms with Crippen LogP contribution in [-0.4, -0.2) is 36.4 Å². The number of benzene rings is 1. The van der Waals surface area contributed by atoms with Crippen molar-refractivity contribution in [2.45, 2.75) is 6.42 Å². The quantitative estimate of drug-likeness (QED) is 0.760. The van der Waals surface area contributed by atoms with Crippen LogP contribution in [0.25, 0.3) is 0 Å². The Bertz CT molecular complexity index is 634. The van der Waals surface area contributed by atoms with Crippen molar-refractivity contribution < 1.29 is 19.3 Å². The zero-order valence-corrected chi connectivity index (χ0v) is 11.4. The number of nitrogens with one attached hydrogen (secondary N) is 2. The lowest BCUT2D eigenvalue weighted by atomic mass is 10.1. The van der Waals surface area contributed by atoms with Crippen molar-refractivity contribution in [2.75, 3.05) is 21.3 Å². The van der Waals surface area contributed by atoms with Gasteiger partial charge in [0.15, 0.2) is 11.5 Å². The number of methoxy groups -OCH3 is 3. The maximum absolute atomic E-state index is 11.1. The standard InChI is InChI=1S/C13H16N2O5/c1-18-9-5-7(6-10(19-2)11(9)20-3)4-8-12(16)15-13(17)14-8/h5-6,16H,4H2,1-3H3,(H2,14,15,17). The van der Waals surface area contributed by atoms with Crippen molar-refractivity contribution in [3.05, 3.63) is 33.9 Å². The molecule has 7 nitrogen and oxygen atoms in total. The molecule has 0 radical (unpaired) electrons. The maximum atomic E-state index is 11.1. The van der Waals surface area contributed by atoms with Gasteiger partial charge in [-0.25, -0.2) is 4.79 Å². The fourth-order valence-electron chi connectivity index (χ4n) is 1.98. The average molecular weight is 280 g/mol. The van der Waals surface area contributed by atoms with Gasteiger partial charge in [0.25, 0.3) is 0 Å². The Morgan fingerprint density at radius 1 is 1.05 bits per heavy atom. The Kier molecular flexibility index (Phi) is 3.88. The highest BCUT2D eigenvalue weighted by Gasteiger charge is 2.15. The first kappa shape index (κ1) is 13.9.